The number of nitrogens with two attached hydrogens (primary N) is 1. The minimum Gasteiger partial charge on any atom is -0.312 e. The summed E-state index contributed by atoms with van der Waals surface area (Å²) >= 11 is 0. The lowest BCUT2D eigenvalue weighted by Crippen LogP contribution is -2.29. The van der Waals surface area contributed by atoms with Crippen molar-refractivity contribution >= 4 is 0 Å². The molecule has 1 atom stereocenters. The molecule has 1 rings (SSSR count). The molecule has 0 saturated carbocycles. The van der Waals surface area contributed by atoms with Gasteiger partial charge in [0.05, 0.1) is 6.17 Å². The average Bonchev–Trinajstić information content (AvgIpc) is 2.18. The van der Waals surface area contributed by atoms with Crippen molar-refractivity contribution in [2.75, 3.05) is 6.54 Å². The lowest BCUT2D eigenvalue weighted by Gasteiger charge is -2.15. The Hall–Kier alpha value is -0.860. The molecular weight excluding hydrogens is 160 g/mol. The molecule has 0 spiro atoms. The molecule has 0 aliphatic heterocycles. The highest BCUT2D eigenvalue weighted by Crippen LogP contribution is 2.15. The molecule has 71 valence electrons. The number of benzene rings is 1. The van der Waals surface area contributed by atoms with Crippen molar-refractivity contribution < 1.29 is 0 Å². The fourth-order valence-corrected chi connectivity index (χ4v) is 1.39. The van der Waals surface area contributed by atoms with E-state index in [9.17, 15) is 0 Å². The Balaban J connectivity index is 2.85. The quantitative estimate of drug-likeness (QED) is 0.688. The predicted octanol–water partition coefficient (Wildman–Crippen LogP) is 1.83. The second kappa shape index (κ2) is 5.00. The molecule has 0 heterocycles. The van der Waals surface area contributed by atoms with Gasteiger partial charge in [-0.25, -0.2) is 0 Å². The van der Waals surface area contributed by atoms with Crippen LogP contribution < -0.4 is 11.1 Å². The zero-order valence-electron chi connectivity index (χ0n) is 8.25. The molecule has 0 aliphatic rings. The van der Waals surface area contributed by atoms with Gasteiger partial charge in [-0.05, 0) is 24.1 Å². The van der Waals surface area contributed by atoms with Gasteiger partial charge in [-0.2, -0.15) is 0 Å². The van der Waals surface area contributed by atoms with Crippen molar-refractivity contribution in [3.05, 3.63) is 41.8 Å². The van der Waals surface area contributed by atoms with Crippen molar-refractivity contribution in [3.8, 4) is 0 Å². The smallest absolute Gasteiger partial charge is 0.0812 e. The summed E-state index contributed by atoms with van der Waals surface area (Å²) in [7, 11) is 0. The highest BCUT2D eigenvalue weighted by Gasteiger charge is 2.06. The Labute approximate surface area is 80.1 Å². The standard InChI is InChI=1S/C11H17N2/c1-3-9-7-5-6-8-10(9)11(12)13-4-2/h3,5-8,11,13H,4,12H2,1-2H3. The van der Waals surface area contributed by atoms with E-state index >= 15 is 0 Å². The molecule has 0 fully saturated rings. The molecule has 2 nitrogen and oxygen atoms in total. The molecule has 1 aromatic rings. The van der Waals surface area contributed by atoms with Gasteiger partial charge in [0.15, 0.2) is 0 Å². The van der Waals surface area contributed by atoms with Gasteiger partial charge >= 0.3 is 0 Å². The van der Waals surface area contributed by atoms with Gasteiger partial charge in [0.1, 0.15) is 0 Å². The third kappa shape index (κ3) is 2.54. The summed E-state index contributed by atoms with van der Waals surface area (Å²) in [6.45, 7) is 4.97. The molecule has 3 N–H and O–H groups in total. The van der Waals surface area contributed by atoms with E-state index in [1.54, 1.807) is 0 Å². The first kappa shape index (κ1) is 10.2. The van der Waals surface area contributed by atoms with Gasteiger partial charge in [0.25, 0.3) is 0 Å². The highest BCUT2D eigenvalue weighted by molar-refractivity contribution is 5.34. The minimum absolute atomic E-state index is 0.0580. The molecule has 0 saturated heterocycles. The van der Waals surface area contributed by atoms with Crippen molar-refractivity contribution in [3.63, 3.8) is 0 Å². The Bertz CT molecular complexity index is 258. The van der Waals surface area contributed by atoms with Crippen LogP contribution in [0.2, 0.25) is 0 Å². The summed E-state index contributed by atoms with van der Waals surface area (Å²) in [6, 6.07) is 8.17. The van der Waals surface area contributed by atoms with Gasteiger partial charge in [-0.1, -0.05) is 38.1 Å². The maximum Gasteiger partial charge on any atom is 0.0812 e. The van der Waals surface area contributed by atoms with Crippen LogP contribution in [0.25, 0.3) is 0 Å². The lowest BCUT2D eigenvalue weighted by molar-refractivity contribution is 0.571. The summed E-state index contributed by atoms with van der Waals surface area (Å²) in [5, 5.41) is 3.19. The van der Waals surface area contributed by atoms with E-state index in [0.29, 0.717) is 0 Å². The Morgan fingerprint density at radius 3 is 2.77 bits per heavy atom. The van der Waals surface area contributed by atoms with Gasteiger partial charge in [-0.3, -0.25) is 5.32 Å². The van der Waals surface area contributed by atoms with Crippen molar-refractivity contribution in [2.45, 2.75) is 20.0 Å². The SMILES string of the molecule is C[CH]c1ccccc1C(N)NCC. The molecular formula is C11H17N2. The maximum atomic E-state index is 5.95. The first-order valence-corrected chi connectivity index (χ1v) is 4.66. The highest BCUT2D eigenvalue weighted by atomic mass is 15.0. The van der Waals surface area contributed by atoms with Gasteiger partial charge in [0, 0.05) is 0 Å². The molecule has 13 heavy (non-hydrogen) atoms. The largest absolute Gasteiger partial charge is 0.312 e. The third-order valence-electron chi connectivity index (χ3n) is 2.07. The van der Waals surface area contributed by atoms with Crippen molar-refractivity contribution in [1.29, 1.82) is 0 Å². The zero-order valence-corrected chi connectivity index (χ0v) is 8.25. The molecule has 1 aromatic carbocycles. The van der Waals surface area contributed by atoms with E-state index in [1.807, 2.05) is 19.1 Å². The zero-order chi connectivity index (χ0) is 9.68. The second-order valence-electron chi connectivity index (χ2n) is 2.95. The number of hydrogen-bond acceptors (Lipinski definition) is 2. The fraction of sp³-hybridized carbons (Fsp3) is 0.364. The Kier molecular flexibility index (Phi) is 3.93. The molecule has 1 radical (unpaired) electrons. The summed E-state index contributed by atoms with van der Waals surface area (Å²) in [6.07, 6.45) is 2.02. The molecule has 0 aliphatic carbocycles. The second-order valence-corrected chi connectivity index (χ2v) is 2.95. The van der Waals surface area contributed by atoms with Crippen LogP contribution in [0.5, 0.6) is 0 Å². The van der Waals surface area contributed by atoms with E-state index in [0.717, 1.165) is 12.1 Å². The van der Waals surface area contributed by atoms with E-state index in [2.05, 4.69) is 30.8 Å². The van der Waals surface area contributed by atoms with Crippen LogP contribution in [0.1, 0.15) is 31.1 Å². The van der Waals surface area contributed by atoms with Crippen molar-refractivity contribution in [2.24, 2.45) is 5.73 Å². The molecule has 0 amide bonds. The van der Waals surface area contributed by atoms with Crippen LogP contribution in [-0.4, -0.2) is 6.54 Å². The Morgan fingerprint density at radius 1 is 1.46 bits per heavy atom. The number of nitrogens with one attached hydrogen (secondary N) is 1. The van der Waals surface area contributed by atoms with Crippen LogP contribution in [0.4, 0.5) is 0 Å². The van der Waals surface area contributed by atoms with Crippen LogP contribution in [0.15, 0.2) is 24.3 Å². The summed E-state index contributed by atoms with van der Waals surface area (Å²) in [5.41, 5.74) is 8.31. The summed E-state index contributed by atoms with van der Waals surface area (Å²) in [5.74, 6) is 0. The lowest BCUT2D eigenvalue weighted by atomic mass is 10.0. The summed E-state index contributed by atoms with van der Waals surface area (Å²) in [4.78, 5) is 0. The Morgan fingerprint density at radius 2 is 2.15 bits per heavy atom. The van der Waals surface area contributed by atoms with Crippen LogP contribution in [0.3, 0.4) is 0 Å². The van der Waals surface area contributed by atoms with Crippen molar-refractivity contribution in [1.82, 2.24) is 5.32 Å². The maximum absolute atomic E-state index is 5.95. The minimum atomic E-state index is -0.0580. The predicted molar refractivity (Wildman–Crippen MR) is 56.1 cm³/mol. The topological polar surface area (TPSA) is 38.0 Å². The van der Waals surface area contributed by atoms with E-state index < -0.39 is 0 Å². The average molecular weight is 177 g/mol. The molecule has 1 unspecified atom stereocenters. The van der Waals surface area contributed by atoms with Gasteiger partial charge in [0.2, 0.25) is 0 Å². The normalized spacial score (nSPS) is 12.8. The molecule has 0 aromatic heterocycles. The molecule has 0 bridgehead atoms. The number of rotatable bonds is 4. The monoisotopic (exact) mass is 177 g/mol. The van der Waals surface area contributed by atoms with Crippen LogP contribution in [0, 0.1) is 6.42 Å². The van der Waals surface area contributed by atoms with Crippen LogP contribution in [-0.2, 0) is 0 Å². The fourth-order valence-electron chi connectivity index (χ4n) is 1.39. The van der Waals surface area contributed by atoms with Gasteiger partial charge in [-0.15, -0.1) is 0 Å². The first-order valence-electron chi connectivity index (χ1n) is 4.66. The van der Waals surface area contributed by atoms with Gasteiger partial charge < -0.3 is 5.73 Å². The first-order chi connectivity index (χ1) is 6.29. The van der Waals surface area contributed by atoms with E-state index in [4.69, 9.17) is 5.73 Å². The molecule has 2 heteroatoms. The van der Waals surface area contributed by atoms with E-state index in [-0.39, 0.29) is 6.17 Å². The van der Waals surface area contributed by atoms with Crippen LogP contribution >= 0.6 is 0 Å². The third-order valence-corrected chi connectivity index (χ3v) is 2.07. The van der Waals surface area contributed by atoms with E-state index in [1.165, 1.54) is 5.56 Å². The number of hydrogen-bond donors (Lipinski definition) is 2. The summed E-state index contributed by atoms with van der Waals surface area (Å²) < 4.78 is 0.